The van der Waals surface area contributed by atoms with Crippen molar-refractivity contribution >= 4 is 40.0 Å². The highest BCUT2D eigenvalue weighted by Crippen LogP contribution is 2.33. The number of anilines is 3. The lowest BCUT2D eigenvalue weighted by Crippen LogP contribution is -2.49. The molecule has 1 atom stereocenters. The molecule has 3 aromatic rings. The van der Waals surface area contributed by atoms with E-state index in [9.17, 15) is 22.8 Å². The predicted molar refractivity (Wildman–Crippen MR) is 161 cm³/mol. The standard InChI is InChI=1S/C29H37F3N6O4S/c1-27(2,3)41-25(39)35-20(14-17-8-11-19(12-9-17)29(30,31)32)16-38(26(40)42-28(4,5)6)24-37-36-23(43-24)18-10-13-21(33)22(15-18)34-7/h8-13,15,20,34H,14,16,33H2,1-7H3,(H,35,39)/t20-/m0/s1. The topological polar surface area (TPSA) is 132 Å². The number of halogens is 3. The van der Waals surface area contributed by atoms with Crippen molar-refractivity contribution in [2.45, 2.75) is 71.4 Å². The van der Waals surface area contributed by atoms with E-state index in [0.717, 1.165) is 23.5 Å². The fraction of sp³-hybridized carbons (Fsp3) is 0.448. The monoisotopic (exact) mass is 622 g/mol. The van der Waals surface area contributed by atoms with Gasteiger partial charge in [0.25, 0.3) is 0 Å². The van der Waals surface area contributed by atoms with Gasteiger partial charge in [-0.2, -0.15) is 13.2 Å². The van der Waals surface area contributed by atoms with Gasteiger partial charge >= 0.3 is 18.4 Å². The number of hydrogen-bond donors (Lipinski definition) is 3. The van der Waals surface area contributed by atoms with Crippen molar-refractivity contribution in [3.05, 3.63) is 53.6 Å². The van der Waals surface area contributed by atoms with E-state index in [1.54, 1.807) is 66.8 Å². The number of nitrogens with two attached hydrogens (primary N) is 1. The van der Waals surface area contributed by atoms with E-state index in [4.69, 9.17) is 15.2 Å². The van der Waals surface area contributed by atoms with Gasteiger partial charge in [0.1, 0.15) is 16.2 Å². The first-order valence-electron chi connectivity index (χ1n) is 13.4. The van der Waals surface area contributed by atoms with Crippen LogP contribution in [-0.4, -0.2) is 53.2 Å². The Bertz CT molecular complexity index is 1420. The van der Waals surface area contributed by atoms with Crippen molar-refractivity contribution in [2.24, 2.45) is 0 Å². The first kappa shape index (κ1) is 33.4. The van der Waals surface area contributed by atoms with Crippen LogP contribution in [0.4, 0.5) is 39.3 Å². The molecule has 3 rings (SSSR count). The summed E-state index contributed by atoms with van der Waals surface area (Å²) in [5.74, 6) is 0. The van der Waals surface area contributed by atoms with E-state index in [1.165, 1.54) is 17.0 Å². The number of amides is 2. The van der Waals surface area contributed by atoms with Crippen LogP contribution < -0.4 is 21.3 Å². The number of carbonyl (C=O) groups excluding carboxylic acids is 2. The predicted octanol–water partition coefficient (Wildman–Crippen LogP) is 6.73. The van der Waals surface area contributed by atoms with Crippen molar-refractivity contribution < 1.29 is 32.2 Å². The number of hydrogen-bond acceptors (Lipinski definition) is 9. The second-order valence-electron chi connectivity index (χ2n) is 11.8. The molecular weight excluding hydrogens is 585 g/mol. The number of nitrogen functional groups attached to an aromatic ring is 1. The van der Waals surface area contributed by atoms with Crippen molar-refractivity contribution in [2.75, 3.05) is 29.5 Å². The van der Waals surface area contributed by atoms with Crippen molar-refractivity contribution in [1.29, 1.82) is 0 Å². The molecule has 2 amide bonds. The Kier molecular flexibility index (Phi) is 10.2. The van der Waals surface area contributed by atoms with Gasteiger partial charge < -0.3 is 25.8 Å². The number of nitrogens with one attached hydrogen (secondary N) is 2. The third-order valence-electron chi connectivity index (χ3n) is 5.72. The van der Waals surface area contributed by atoms with Crippen LogP contribution >= 0.6 is 11.3 Å². The molecule has 0 saturated carbocycles. The normalized spacial score (nSPS) is 12.8. The van der Waals surface area contributed by atoms with Crippen LogP contribution in [0.2, 0.25) is 0 Å². The maximum absolute atomic E-state index is 13.5. The molecule has 2 aromatic carbocycles. The number of carbonyl (C=O) groups is 2. The van der Waals surface area contributed by atoms with Crippen LogP contribution in [0.1, 0.15) is 52.7 Å². The minimum Gasteiger partial charge on any atom is -0.444 e. The van der Waals surface area contributed by atoms with Gasteiger partial charge in [-0.05, 0) is 83.9 Å². The van der Waals surface area contributed by atoms with Gasteiger partial charge in [-0.15, -0.1) is 10.2 Å². The molecule has 4 N–H and O–H groups in total. The summed E-state index contributed by atoms with van der Waals surface area (Å²) < 4.78 is 50.4. The second-order valence-corrected chi connectivity index (χ2v) is 12.7. The van der Waals surface area contributed by atoms with Crippen LogP contribution in [0, 0.1) is 0 Å². The number of alkyl halides is 3. The Morgan fingerprint density at radius 1 is 0.977 bits per heavy atom. The number of aromatic nitrogens is 2. The van der Waals surface area contributed by atoms with Gasteiger partial charge in [-0.1, -0.05) is 23.5 Å². The van der Waals surface area contributed by atoms with E-state index in [-0.39, 0.29) is 18.1 Å². The molecule has 14 heteroatoms. The molecule has 0 unspecified atom stereocenters. The lowest BCUT2D eigenvalue weighted by atomic mass is 10.0. The Balaban J connectivity index is 1.98. The van der Waals surface area contributed by atoms with Crippen molar-refractivity contribution in [1.82, 2.24) is 15.5 Å². The molecule has 0 aliphatic carbocycles. The Labute approximate surface area is 252 Å². The third-order valence-corrected chi connectivity index (χ3v) is 6.71. The SMILES string of the molecule is CNc1cc(-c2nnc(N(C[C@H](Cc3ccc(C(F)(F)F)cc3)NC(=O)OC(C)(C)C)C(=O)OC(C)(C)C)s2)ccc1N. The first-order valence-corrected chi connectivity index (χ1v) is 14.2. The van der Waals surface area contributed by atoms with Gasteiger partial charge in [0, 0.05) is 12.6 Å². The summed E-state index contributed by atoms with van der Waals surface area (Å²) >= 11 is 1.12. The average molecular weight is 623 g/mol. The van der Waals surface area contributed by atoms with Gasteiger partial charge in [-0.3, -0.25) is 0 Å². The maximum atomic E-state index is 13.5. The Morgan fingerprint density at radius 3 is 2.16 bits per heavy atom. The minimum atomic E-state index is -4.49. The molecule has 0 spiro atoms. The fourth-order valence-corrected chi connectivity index (χ4v) is 4.71. The summed E-state index contributed by atoms with van der Waals surface area (Å²) in [6.45, 7) is 10.1. The summed E-state index contributed by atoms with van der Waals surface area (Å²) in [4.78, 5) is 27.5. The molecule has 0 aliphatic heterocycles. The molecule has 0 bridgehead atoms. The molecule has 234 valence electrons. The third kappa shape index (κ3) is 10.0. The average Bonchev–Trinajstić information content (AvgIpc) is 3.35. The van der Waals surface area contributed by atoms with E-state index in [2.05, 4.69) is 20.8 Å². The smallest absolute Gasteiger partial charge is 0.416 e. The molecule has 43 heavy (non-hydrogen) atoms. The van der Waals surface area contributed by atoms with Crippen molar-refractivity contribution in [3.63, 3.8) is 0 Å². The zero-order chi connectivity index (χ0) is 32.2. The highest BCUT2D eigenvalue weighted by molar-refractivity contribution is 7.18. The van der Waals surface area contributed by atoms with Gasteiger partial charge in [-0.25, -0.2) is 14.5 Å². The molecule has 10 nitrogen and oxygen atoms in total. The lowest BCUT2D eigenvalue weighted by Gasteiger charge is -2.29. The van der Waals surface area contributed by atoms with Gasteiger partial charge in [0.05, 0.1) is 29.5 Å². The highest BCUT2D eigenvalue weighted by atomic mass is 32.1. The zero-order valence-electron chi connectivity index (χ0n) is 25.1. The van der Waals surface area contributed by atoms with Crippen LogP contribution in [0.25, 0.3) is 10.6 Å². The first-order chi connectivity index (χ1) is 19.8. The lowest BCUT2D eigenvalue weighted by molar-refractivity contribution is -0.137. The number of alkyl carbamates (subject to hydrolysis) is 1. The summed E-state index contributed by atoms with van der Waals surface area (Å²) in [5, 5.41) is 14.9. The number of nitrogens with zero attached hydrogens (tertiary/aromatic N) is 3. The molecule has 0 aliphatic rings. The van der Waals surface area contributed by atoms with Crippen LogP contribution in [0.15, 0.2) is 42.5 Å². The number of benzene rings is 2. The van der Waals surface area contributed by atoms with E-state index < -0.39 is 41.2 Å². The fourth-order valence-electron chi connectivity index (χ4n) is 3.86. The molecule has 0 radical (unpaired) electrons. The molecule has 0 fully saturated rings. The minimum absolute atomic E-state index is 0.0752. The van der Waals surface area contributed by atoms with E-state index in [1.807, 2.05) is 0 Å². The van der Waals surface area contributed by atoms with Gasteiger partial charge in [0.15, 0.2) is 0 Å². The Morgan fingerprint density at radius 2 is 1.60 bits per heavy atom. The quantitative estimate of drug-likeness (QED) is 0.236. The maximum Gasteiger partial charge on any atom is 0.416 e. The second kappa shape index (κ2) is 13.1. The van der Waals surface area contributed by atoms with Crippen molar-refractivity contribution in [3.8, 4) is 10.6 Å². The summed E-state index contributed by atoms with van der Waals surface area (Å²) in [6, 6.07) is 9.08. The number of ether oxygens (including phenoxy) is 2. The van der Waals surface area contributed by atoms with Crippen LogP contribution in [0.5, 0.6) is 0 Å². The largest absolute Gasteiger partial charge is 0.444 e. The number of rotatable bonds is 8. The molecule has 1 heterocycles. The van der Waals surface area contributed by atoms with Crippen LogP contribution in [-0.2, 0) is 22.1 Å². The van der Waals surface area contributed by atoms with Gasteiger partial charge in [0.2, 0.25) is 5.13 Å². The summed E-state index contributed by atoms with van der Waals surface area (Å²) in [6.07, 6.45) is -5.92. The summed E-state index contributed by atoms with van der Waals surface area (Å²) in [5.41, 5.74) is 5.97. The molecule has 1 aromatic heterocycles. The molecule has 0 saturated heterocycles. The zero-order valence-corrected chi connectivity index (χ0v) is 25.9. The van der Waals surface area contributed by atoms with Crippen LogP contribution in [0.3, 0.4) is 0 Å². The Hall–Kier alpha value is -4.07. The molecular formula is C29H37F3N6O4S. The van der Waals surface area contributed by atoms with E-state index in [0.29, 0.717) is 27.5 Å². The van der Waals surface area contributed by atoms with E-state index >= 15 is 0 Å². The summed E-state index contributed by atoms with van der Waals surface area (Å²) in [7, 11) is 1.74. The highest BCUT2D eigenvalue weighted by Gasteiger charge is 2.32.